The number of hydrogen-bond donors (Lipinski definition) is 2. The van der Waals surface area contributed by atoms with Crippen LogP contribution in [-0.2, 0) is 0 Å². The third-order valence-electron chi connectivity index (χ3n) is 1.83. The van der Waals surface area contributed by atoms with Crippen molar-refractivity contribution in [3.63, 3.8) is 0 Å². The predicted octanol–water partition coefficient (Wildman–Crippen LogP) is 2.90. The van der Waals surface area contributed by atoms with Gasteiger partial charge in [0, 0.05) is 0 Å². The number of halogens is 2. The summed E-state index contributed by atoms with van der Waals surface area (Å²) in [5.41, 5.74) is 6.10. The van der Waals surface area contributed by atoms with E-state index < -0.39 is 0 Å². The zero-order valence-electron chi connectivity index (χ0n) is 8.28. The number of nitrogens with one attached hydrogen (secondary N) is 1. The van der Waals surface area contributed by atoms with E-state index in [1.807, 2.05) is 0 Å². The molecule has 5 nitrogen and oxygen atoms in total. The SMILES string of the molecule is Nc1ccsc1C(=O)Nc1ncc(Br)nc1Br. The van der Waals surface area contributed by atoms with Gasteiger partial charge in [-0.15, -0.1) is 11.3 Å². The van der Waals surface area contributed by atoms with Crippen molar-refractivity contribution in [2.75, 3.05) is 11.1 Å². The number of aromatic nitrogens is 2. The minimum absolute atomic E-state index is 0.296. The molecule has 0 fully saturated rings. The highest BCUT2D eigenvalue weighted by molar-refractivity contribution is 9.11. The molecule has 0 aliphatic carbocycles. The number of anilines is 2. The van der Waals surface area contributed by atoms with Crippen LogP contribution in [0.25, 0.3) is 0 Å². The third kappa shape index (κ3) is 2.82. The molecule has 2 rings (SSSR count). The van der Waals surface area contributed by atoms with Crippen LogP contribution in [0.1, 0.15) is 9.67 Å². The average Bonchev–Trinajstić information content (AvgIpc) is 2.68. The van der Waals surface area contributed by atoms with Gasteiger partial charge in [0.15, 0.2) is 5.82 Å². The number of nitrogens with two attached hydrogens (primary N) is 1. The highest BCUT2D eigenvalue weighted by Crippen LogP contribution is 2.23. The molecule has 0 aliphatic rings. The fourth-order valence-electron chi connectivity index (χ4n) is 1.10. The lowest BCUT2D eigenvalue weighted by molar-refractivity contribution is 0.103. The van der Waals surface area contributed by atoms with Crippen molar-refractivity contribution >= 4 is 60.6 Å². The van der Waals surface area contributed by atoms with Gasteiger partial charge in [-0.2, -0.15) is 0 Å². The molecule has 0 radical (unpaired) electrons. The minimum Gasteiger partial charge on any atom is -0.397 e. The van der Waals surface area contributed by atoms with E-state index in [1.165, 1.54) is 17.5 Å². The molecule has 0 aromatic carbocycles. The number of nitrogens with zero attached hydrogens (tertiary/aromatic N) is 2. The first kappa shape index (κ1) is 12.5. The first-order valence-corrected chi connectivity index (χ1v) is 6.87. The fraction of sp³-hybridized carbons (Fsp3) is 0. The summed E-state index contributed by atoms with van der Waals surface area (Å²) in [5.74, 6) is 0.0563. The highest BCUT2D eigenvalue weighted by Gasteiger charge is 2.14. The predicted molar refractivity (Wildman–Crippen MR) is 74.1 cm³/mol. The Hall–Kier alpha value is -0.990. The summed E-state index contributed by atoms with van der Waals surface area (Å²) in [6.07, 6.45) is 1.50. The molecule has 0 atom stereocenters. The molecule has 0 unspecified atom stereocenters. The standard InChI is InChI=1S/C9H6Br2N4OS/c10-5-3-13-8(7(11)14-5)15-9(16)6-4(12)1-2-17-6/h1-3H,12H2,(H,13,15,16). The monoisotopic (exact) mass is 376 g/mol. The lowest BCUT2D eigenvalue weighted by Gasteiger charge is -2.05. The van der Waals surface area contributed by atoms with Crippen molar-refractivity contribution in [2.45, 2.75) is 0 Å². The maximum absolute atomic E-state index is 11.9. The molecule has 0 saturated heterocycles. The second kappa shape index (κ2) is 5.11. The van der Waals surface area contributed by atoms with Crippen molar-refractivity contribution in [1.29, 1.82) is 0 Å². The van der Waals surface area contributed by atoms with Gasteiger partial charge in [-0.25, -0.2) is 9.97 Å². The van der Waals surface area contributed by atoms with Gasteiger partial charge in [0.05, 0.1) is 11.9 Å². The molecular formula is C9H6Br2N4OS. The van der Waals surface area contributed by atoms with E-state index in [9.17, 15) is 4.79 Å². The Bertz CT molecular complexity index is 572. The summed E-state index contributed by atoms with van der Waals surface area (Å²) in [6.45, 7) is 0. The van der Waals surface area contributed by atoms with Gasteiger partial charge < -0.3 is 11.1 Å². The van der Waals surface area contributed by atoms with Gasteiger partial charge >= 0.3 is 0 Å². The van der Waals surface area contributed by atoms with E-state index in [4.69, 9.17) is 5.73 Å². The van der Waals surface area contributed by atoms with E-state index in [1.54, 1.807) is 11.4 Å². The quantitative estimate of drug-likeness (QED) is 0.843. The molecule has 3 N–H and O–H groups in total. The molecule has 0 saturated carbocycles. The maximum Gasteiger partial charge on any atom is 0.269 e. The molecular weight excluding hydrogens is 372 g/mol. The molecule has 2 aromatic rings. The second-order valence-corrected chi connectivity index (χ2v) is 5.47. The van der Waals surface area contributed by atoms with Crippen molar-refractivity contribution in [3.8, 4) is 0 Å². The van der Waals surface area contributed by atoms with Gasteiger partial charge in [0.25, 0.3) is 5.91 Å². The van der Waals surface area contributed by atoms with Crippen molar-refractivity contribution in [3.05, 3.63) is 31.7 Å². The molecule has 1 amide bonds. The maximum atomic E-state index is 11.9. The van der Waals surface area contributed by atoms with E-state index >= 15 is 0 Å². The summed E-state index contributed by atoms with van der Waals surface area (Å²) in [4.78, 5) is 20.4. The smallest absolute Gasteiger partial charge is 0.269 e. The molecule has 0 bridgehead atoms. The number of hydrogen-bond acceptors (Lipinski definition) is 5. The van der Waals surface area contributed by atoms with E-state index in [-0.39, 0.29) is 5.91 Å². The first-order valence-electron chi connectivity index (χ1n) is 4.40. The molecule has 2 aromatic heterocycles. The Labute approximate surface area is 118 Å². The third-order valence-corrected chi connectivity index (χ3v) is 3.70. The summed E-state index contributed by atoms with van der Waals surface area (Å²) >= 11 is 7.67. The van der Waals surface area contributed by atoms with E-state index in [0.717, 1.165) is 0 Å². The van der Waals surface area contributed by atoms with Crippen LogP contribution >= 0.6 is 43.2 Å². The molecule has 88 valence electrons. The van der Waals surface area contributed by atoms with Gasteiger partial charge in [0.1, 0.15) is 14.1 Å². The van der Waals surface area contributed by atoms with Gasteiger partial charge in [0.2, 0.25) is 0 Å². The van der Waals surface area contributed by atoms with Crippen LogP contribution in [0.15, 0.2) is 26.8 Å². The van der Waals surface area contributed by atoms with E-state index in [2.05, 4.69) is 47.1 Å². The van der Waals surface area contributed by atoms with Crippen LogP contribution in [0.2, 0.25) is 0 Å². The van der Waals surface area contributed by atoms with Gasteiger partial charge in [-0.05, 0) is 43.3 Å². The molecule has 17 heavy (non-hydrogen) atoms. The van der Waals surface area contributed by atoms with Gasteiger partial charge in [-0.3, -0.25) is 4.79 Å². The van der Waals surface area contributed by atoms with Crippen molar-refractivity contribution in [1.82, 2.24) is 9.97 Å². The normalized spacial score (nSPS) is 10.2. The van der Waals surface area contributed by atoms with Crippen LogP contribution in [0.3, 0.4) is 0 Å². The lowest BCUT2D eigenvalue weighted by atomic mass is 10.4. The Kier molecular flexibility index (Phi) is 3.75. The second-order valence-electron chi connectivity index (χ2n) is 2.99. The lowest BCUT2D eigenvalue weighted by Crippen LogP contribution is -2.13. The molecule has 0 spiro atoms. The number of thiophene rings is 1. The Morgan fingerprint density at radius 3 is 2.82 bits per heavy atom. The van der Waals surface area contributed by atoms with Crippen LogP contribution in [0.5, 0.6) is 0 Å². The fourth-order valence-corrected chi connectivity index (χ4v) is 2.72. The Morgan fingerprint density at radius 1 is 1.47 bits per heavy atom. The minimum atomic E-state index is -0.296. The van der Waals surface area contributed by atoms with Gasteiger partial charge in [-0.1, -0.05) is 0 Å². The van der Waals surface area contributed by atoms with Crippen LogP contribution < -0.4 is 11.1 Å². The average molecular weight is 378 g/mol. The topological polar surface area (TPSA) is 80.9 Å². The molecule has 2 heterocycles. The Morgan fingerprint density at radius 2 is 2.24 bits per heavy atom. The summed E-state index contributed by atoms with van der Waals surface area (Å²) in [6, 6.07) is 1.68. The number of nitrogen functional groups attached to an aromatic ring is 1. The van der Waals surface area contributed by atoms with Crippen LogP contribution in [0.4, 0.5) is 11.5 Å². The Balaban J connectivity index is 2.22. The molecule has 8 heteroatoms. The summed E-state index contributed by atoms with van der Waals surface area (Å²) < 4.78 is 1.04. The van der Waals surface area contributed by atoms with E-state index in [0.29, 0.717) is 25.6 Å². The highest BCUT2D eigenvalue weighted by atomic mass is 79.9. The summed E-state index contributed by atoms with van der Waals surface area (Å²) in [5, 5.41) is 4.39. The van der Waals surface area contributed by atoms with Crippen LogP contribution in [0, 0.1) is 0 Å². The number of rotatable bonds is 2. The largest absolute Gasteiger partial charge is 0.397 e. The van der Waals surface area contributed by atoms with Crippen molar-refractivity contribution in [2.24, 2.45) is 0 Å². The number of carbonyl (C=O) groups excluding carboxylic acids is 1. The van der Waals surface area contributed by atoms with Crippen LogP contribution in [-0.4, -0.2) is 15.9 Å². The molecule has 0 aliphatic heterocycles. The zero-order valence-corrected chi connectivity index (χ0v) is 12.3. The number of amides is 1. The summed E-state index contributed by atoms with van der Waals surface area (Å²) in [7, 11) is 0. The zero-order chi connectivity index (χ0) is 12.4. The number of carbonyl (C=O) groups is 1. The first-order chi connectivity index (χ1) is 8.08. The van der Waals surface area contributed by atoms with Crippen molar-refractivity contribution < 1.29 is 4.79 Å².